The Kier molecular flexibility index (Phi) is 3.76. The second-order valence-electron chi connectivity index (χ2n) is 5.60. The van der Waals surface area contributed by atoms with E-state index in [2.05, 4.69) is 10.1 Å². The lowest BCUT2D eigenvalue weighted by molar-refractivity contribution is 0.242. The molecule has 1 aliphatic rings. The van der Waals surface area contributed by atoms with Gasteiger partial charge in [-0.3, -0.25) is 4.90 Å². The van der Waals surface area contributed by atoms with E-state index in [1.54, 1.807) is 0 Å². The fraction of sp³-hybridized carbons (Fsp3) is 0.438. The average molecular weight is 292 g/mol. The Balaban J connectivity index is 1.86. The van der Waals surface area contributed by atoms with Gasteiger partial charge in [-0.05, 0) is 51.4 Å². The monoisotopic (exact) mass is 292 g/mol. The van der Waals surface area contributed by atoms with Crippen LogP contribution in [0.5, 0.6) is 0 Å². The number of halogens is 2. The number of benzene rings is 1. The van der Waals surface area contributed by atoms with E-state index in [9.17, 15) is 8.78 Å². The van der Waals surface area contributed by atoms with Gasteiger partial charge in [0.2, 0.25) is 0 Å². The zero-order valence-corrected chi connectivity index (χ0v) is 12.2. The first-order valence-electron chi connectivity index (χ1n) is 7.17. The molecule has 5 heteroatoms. The zero-order valence-electron chi connectivity index (χ0n) is 12.2. The molecule has 1 atom stereocenters. The standard InChI is InChI=1S/C16H18F2N2O/c1-10-16(11(2)21-19-10)15-4-3-7-20(15)9-12-8-13(17)5-6-14(12)18/h5-6,8,15H,3-4,7,9H2,1-2H3/t15-/m1/s1. The van der Waals surface area contributed by atoms with Crippen LogP contribution >= 0.6 is 0 Å². The summed E-state index contributed by atoms with van der Waals surface area (Å²) in [7, 11) is 0. The van der Waals surface area contributed by atoms with E-state index in [1.165, 1.54) is 12.1 Å². The first-order chi connectivity index (χ1) is 10.1. The van der Waals surface area contributed by atoms with Crippen molar-refractivity contribution in [1.29, 1.82) is 0 Å². The maximum Gasteiger partial charge on any atom is 0.138 e. The van der Waals surface area contributed by atoms with Gasteiger partial charge in [-0.2, -0.15) is 0 Å². The van der Waals surface area contributed by atoms with Crippen molar-refractivity contribution in [2.45, 2.75) is 39.3 Å². The second-order valence-corrected chi connectivity index (χ2v) is 5.60. The number of aromatic nitrogens is 1. The van der Waals surface area contributed by atoms with Crippen molar-refractivity contribution in [3.63, 3.8) is 0 Å². The summed E-state index contributed by atoms with van der Waals surface area (Å²) < 4.78 is 32.4. The third-order valence-corrected chi connectivity index (χ3v) is 4.17. The van der Waals surface area contributed by atoms with Gasteiger partial charge in [-0.1, -0.05) is 5.16 Å². The van der Waals surface area contributed by atoms with Crippen LogP contribution in [0.25, 0.3) is 0 Å². The van der Waals surface area contributed by atoms with Gasteiger partial charge in [-0.25, -0.2) is 8.78 Å². The molecule has 1 fully saturated rings. The summed E-state index contributed by atoms with van der Waals surface area (Å²) >= 11 is 0. The van der Waals surface area contributed by atoms with Gasteiger partial charge in [0.05, 0.1) is 5.69 Å². The third-order valence-electron chi connectivity index (χ3n) is 4.17. The maximum absolute atomic E-state index is 13.8. The molecule has 0 unspecified atom stereocenters. The van der Waals surface area contributed by atoms with Gasteiger partial charge in [0.25, 0.3) is 0 Å². The van der Waals surface area contributed by atoms with Crippen LogP contribution in [0.15, 0.2) is 22.7 Å². The van der Waals surface area contributed by atoms with Crippen molar-refractivity contribution in [1.82, 2.24) is 10.1 Å². The van der Waals surface area contributed by atoms with Gasteiger partial charge >= 0.3 is 0 Å². The fourth-order valence-electron chi connectivity index (χ4n) is 3.19. The van der Waals surface area contributed by atoms with E-state index in [0.717, 1.165) is 42.5 Å². The van der Waals surface area contributed by atoms with Gasteiger partial charge in [-0.15, -0.1) is 0 Å². The van der Waals surface area contributed by atoms with Crippen LogP contribution in [-0.2, 0) is 6.54 Å². The SMILES string of the molecule is Cc1noc(C)c1[C@H]1CCCN1Cc1cc(F)ccc1F. The first kappa shape index (κ1) is 14.2. The summed E-state index contributed by atoms with van der Waals surface area (Å²) in [6.45, 7) is 5.09. The molecule has 112 valence electrons. The minimum Gasteiger partial charge on any atom is -0.361 e. The van der Waals surface area contributed by atoms with Crippen molar-refractivity contribution in [3.8, 4) is 0 Å². The maximum atomic E-state index is 13.8. The van der Waals surface area contributed by atoms with E-state index in [0.29, 0.717) is 12.1 Å². The number of aryl methyl sites for hydroxylation is 2. The van der Waals surface area contributed by atoms with Crippen LogP contribution in [0, 0.1) is 25.5 Å². The minimum atomic E-state index is -0.403. The number of nitrogens with zero attached hydrogens (tertiary/aromatic N) is 2. The van der Waals surface area contributed by atoms with E-state index >= 15 is 0 Å². The lowest BCUT2D eigenvalue weighted by Crippen LogP contribution is -2.24. The molecule has 1 aromatic heterocycles. The fourth-order valence-corrected chi connectivity index (χ4v) is 3.19. The molecule has 1 saturated heterocycles. The summed E-state index contributed by atoms with van der Waals surface area (Å²) in [6, 6.07) is 3.78. The normalized spacial score (nSPS) is 19.3. The molecule has 1 aromatic carbocycles. The quantitative estimate of drug-likeness (QED) is 0.859. The van der Waals surface area contributed by atoms with E-state index in [-0.39, 0.29) is 11.9 Å². The van der Waals surface area contributed by atoms with Crippen molar-refractivity contribution >= 4 is 0 Å². The summed E-state index contributed by atoms with van der Waals surface area (Å²) in [5.41, 5.74) is 2.36. The Labute approximate surface area is 122 Å². The Morgan fingerprint density at radius 1 is 1.33 bits per heavy atom. The van der Waals surface area contributed by atoms with Gasteiger partial charge in [0.1, 0.15) is 17.4 Å². The van der Waals surface area contributed by atoms with E-state index in [4.69, 9.17) is 4.52 Å². The van der Waals surface area contributed by atoms with Crippen molar-refractivity contribution in [2.75, 3.05) is 6.54 Å². The molecule has 0 radical (unpaired) electrons. The van der Waals surface area contributed by atoms with Crippen molar-refractivity contribution < 1.29 is 13.3 Å². The Bertz CT molecular complexity index is 634. The number of rotatable bonds is 3. The molecule has 21 heavy (non-hydrogen) atoms. The topological polar surface area (TPSA) is 29.3 Å². The summed E-state index contributed by atoms with van der Waals surface area (Å²) in [6.07, 6.45) is 2.02. The molecule has 1 aliphatic heterocycles. The molecule has 0 bridgehead atoms. The molecule has 2 aromatic rings. The smallest absolute Gasteiger partial charge is 0.138 e. The van der Waals surface area contributed by atoms with Crippen LogP contribution in [0.4, 0.5) is 8.78 Å². The molecule has 0 aliphatic carbocycles. The Morgan fingerprint density at radius 3 is 2.86 bits per heavy atom. The lowest BCUT2D eigenvalue weighted by Gasteiger charge is -2.24. The third kappa shape index (κ3) is 2.70. The highest BCUT2D eigenvalue weighted by atomic mass is 19.1. The van der Waals surface area contributed by atoms with Crippen molar-refractivity contribution in [2.24, 2.45) is 0 Å². The molecule has 0 spiro atoms. The number of hydrogen-bond acceptors (Lipinski definition) is 3. The minimum absolute atomic E-state index is 0.166. The Morgan fingerprint density at radius 2 is 2.14 bits per heavy atom. The van der Waals surface area contributed by atoms with Crippen LogP contribution in [-0.4, -0.2) is 16.6 Å². The van der Waals surface area contributed by atoms with Crippen LogP contribution in [0.1, 0.15) is 41.5 Å². The van der Waals surface area contributed by atoms with E-state index < -0.39 is 5.82 Å². The Hall–Kier alpha value is -1.75. The molecule has 0 N–H and O–H groups in total. The van der Waals surface area contributed by atoms with Crippen LogP contribution in [0.3, 0.4) is 0 Å². The molecular weight excluding hydrogens is 274 g/mol. The summed E-state index contributed by atoms with van der Waals surface area (Å²) in [5.74, 6) is 0.0458. The molecular formula is C16H18F2N2O. The van der Waals surface area contributed by atoms with Crippen molar-refractivity contribution in [3.05, 3.63) is 52.4 Å². The molecule has 2 heterocycles. The summed E-state index contributed by atoms with van der Waals surface area (Å²) in [5, 5.41) is 4.00. The average Bonchev–Trinajstić information content (AvgIpc) is 3.01. The highest BCUT2D eigenvalue weighted by Crippen LogP contribution is 2.36. The van der Waals surface area contributed by atoms with E-state index in [1.807, 2.05) is 13.8 Å². The number of likely N-dealkylation sites (tertiary alicyclic amines) is 1. The van der Waals surface area contributed by atoms with Crippen LogP contribution in [0.2, 0.25) is 0 Å². The zero-order chi connectivity index (χ0) is 15.0. The molecule has 3 nitrogen and oxygen atoms in total. The van der Waals surface area contributed by atoms with Crippen LogP contribution < -0.4 is 0 Å². The van der Waals surface area contributed by atoms with Gasteiger partial charge in [0, 0.05) is 23.7 Å². The molecule has 0 saturated carbocycles. The van der Waals surface area contributed by atoms with Gasteiger partial charge < -0.3 is 4.52 Å². The highest BCUT2D eigenvalue weighted by Gasteiger charge is 2.31. The predicted octanol–water partition coefficient (Wildman–Crippen LogP) is 3.91. The predicted molar refractivity (Wildman–Crippen MR) is 74.7 cm³/mol. The van der Waals surface area contributed by atoms with Gasteiger partial charge in [0.15, 0.2) is 0 Å². The number of hydrogen-bond donors (Lipinski definition) is 0. The second kappa shape index (κ2) is 5.56. The summed E-state index contributed by atoms with van der Waals surface area (Å²) in [4.78, 5) is 2.17. The highest BCUT2D eigenvalue weighted by molar-refractivity contribution is 5.27. The lowest BCUT2D eigenvalue weighted by atomic mass is 10.0. The first-order valence-corrected chi connectivity index (χ1v) is 7.17. The molecule has 0 amide bonds. The largest absolute Gasteiger partial charge is 0.361 e. The molecule has 3 rings (SSSR count).